The fraction of sp³-hybridized carbons (Fsp3) is 0.636. The molecule has 1 unspecified atom stereocenters. The highest BCUT2D eigenvalue weighted by atomic mass is 19.1. The third-order valence-electron chi connectivity index (χ3n) is 1.80. The van der Waals surface area contributed by atoms with E-state index in [2.05, 4.69) is 0 Å². The third-order valence-corrected chi connectivity index (χ3v) is 1.80. The summed E-state index contributed by atoms with van der Waals surface area (Å²) in [6, 6.07) is -1.66. The topological polar surface area (TPSA) is 110 Å². The first-order valence-electron chi connectivity index (χ1n) is 5.41. The number of ether oxygens (including phenoxy) is 1. The van der Waals surface area contributed by atoms with Gasteiger partial charge in [0.1, 0.15) is 11.6 Å². The maximum atomic E-state index is 12.9. The zero-order valence-corrected chi connectivity index (χ0v) is 10.8. The molecule has 0 spiro atoms. The zero-order valence-electron chi connectivity index (χ0n) is 10.8. The summed E-state index contributed by atoms with van der Waals surface area (Å²) in [5, 5.41) is 10.5. The number of rotatable bonds is 6. The van der Waals surface area contributed by atoms with Crippen LogP contribution in [0.1, 0.15) is 27.2 Å². The van der Waals surface area contributed by atoms with E-state index in [9.17, 15) is 23.6 Å². The molecule has 0 rings (SSSR count). The fourth-order valence-electron chi connectivity index (χ4n) is 1.11. The molecule has 0 fully saturated rings. The second kappa shape index (κ2) is 6.81. The van der Waals surface area contributed by atoms with Crippen LogP contribution >= 0.6 is 0 Å². The van der Waals surface area contributed by atoms with Crippen molar-refractivity contribution in [2.45, 2.75) is 45.0 Å². The Morgan fingerprint density at radius 1 is 1.37 bits per heavy atom. The maximum absolute atomic E-state index is 12.9. The van der Waals surface area contributed by atoms with E-state index in [1.807, 2.05) is 5.32 Å². The summed E-state index contributed by atoms with van der Waals surface area (Å²) in [6.07, 6.45) is -4.66. The quantitative estimate of drug-likeness (QED) is 0.539. The van der Waals surface area contributed by atoms with E-state index in [1.165, 1.54) is 0 Å². The second-order valence-electron chi connectivity index (χ2n) is 4.74. The van der Waals surface area contributed by atoms with Gasteiger partial charge in [0.25, 0.3) is 0 Å². The lowest BCUT2D eigenvalue weighted by Gasteiger charge is -2.22. The lowest BCUT2D eigenvalue weighted by atomic mass is 10.1. The molecule has 0 saturated carbocycles. The molecule has 7 nitrogen and oxygen atoms in total. The van der Waals surface area contributed by atoms with Crippen molar-refractivity contribution in [1.29, 1.82) is 0 Å². The number of carboxylic acids is 1. The van der Waals surface area contributed by atoms with Crippen LogP contribution < -0.4 is 5.32 Å². The van der Waals surface area contributed by atoms with Gasteiger partial charge in [-0.15, -0.1) is 0 Å². The molecule has 0 radical (unpaired) electrons. The van der Waals surface area contributed by atoms with Gasteiger partial charge in [-0.2, -0.15) is 0 Å². The minimum Gasteiger partial charge on any atom is -0.481 e. The van der Waals surface area contributed by atoms with E-state index in [0.29, 0.717) is 0 Å². The normalized spacial score (nSPS) is 14.1. The Morgan fingerprint density at radius 2 is 1.89 bits per heavy atom. The van der Waals surface area contributed by atoms with Crippen LogP contribution in [0.25, 0.3) is 0 Å². The average molecular weight is 277 g/mol. The Kier molecular flexibility index (Phi) is 6.10. The van der Waals surface area contributed by atoms with Gasteiger partial charge in [0, 0.05) is 0 Å². The summed E-state index contributed by atoms with van der Waals surface area (Å²) >= 11 is 0. The Bertz CT molecular complexity index is 376. The SMILES string of the molecule is CC(C)(C)OC(=O)N[C@@H](CC(=O)O)C(=O)C(F)C=O. The number of ketones is 1. The van der Waals surface area contributed by atoms with Crippen molar-refractivity contribution in [2.24, 2.45) is 0 Å². The molecule has 2 N–H and O–H groups in total. The molecule has 108 valence electrons. The minimum atomic E-state index is -2.49. The second-order valence-corrected chi connectivity index (χ2v) is 4.74. The Morgan fingerprint density at radius 3 is 2.26 bits per heavy atom. The number of nitrogens with one attached hydrogen (secondary N) is 1. The van der Waals surface area contributed by atoms with Crippen LogP contribution in [0, 0.1) is 0 Å². The van der Waals surface area contributed by atoms with E-state index >= 15 is 0 Å². The number of alkyl halides is 1. The molecular formula is C11H16FNO6. The molecule has 0 aromatic rings. The summed E-state index contributed by atoms with van der Waals surface area (Å²) in [6.45, 7) is 4.68. The van der Waals surface area contributed by atoms with Crippen molar-refractivity contribution < 1.29 is 33.4 Å². The highest BCUT2D eigenvalue weighted by Crippen LogP contribution is 2.08. The van der Waals surface area contributed by atoms with E-state index in [0.717, 1.165) is 0 Å². The summed E-state index contributed by atoms with van der Waals surface area (Å²) in [5.74, 6) is -2.75. The molecule has 19 heavy (non-hydrogen) atoms. The monoisotopic (exact) mass is 277 g/mol. The van der Waals surface area contributed by atoms with Crippen LogP contribution in [-0.2, 0) is 19.1 Å². The predicted octanol–water partition coefficient (Wildman–Crippen LogP) is 0.460. The Balaban J connectivity index is 4.78. The number of hydrogen-bond donors (Lipinski definition) is 2. The van der Waals surface area contributed by atoms with E-state index in [1.54, 1.807) is 20.8 Å². The Hall–Kier alpha value is -1.99. The molecule has 0 aliphatic carbocycles. The minimum absolute atomic E-state index is 0.270. The van der Waals surface area contributed by atoms with Crippen LogP contribution in [-0.4, -0.2) is 47.1 Å². The number of aliphatic carboxylic acids is 1. The van der Waals surface area contributed by atoms with Gasteiger partial charge < -0.3 is 15.2 Å². The molecule has 0 aliphatic heterocycles. The van der Waals surface area contributed by atoms with Gasteiger partial charge in [-0.25, -0.2) is 9.18 Å². The largest absolute Gasteiger partial charge is 0.481 e. The Labute approximate surface area is 109 Å². The number of alkyl carbamates (subject to hydrolysis) is 1. The van der Waals surface area contributed by atoms with Gasteiger partial charge in [-0.1, -0.05) is 0 Å². The molecule has 2 atom stereocenters. The molecule has 0 aliphatic rings. The number of carboxylic acid groups (broad SMARTS) is 1. The standard InChI is InChI=1S/C11H16FNO6/c1-11(2,3)19-10(18)13-7(4-8(15)16)9(17)6(12)5-14/h5-7H,4H2,1-3H3,(H,13,18)(H,15,16)/t6?,7-/m0/s1. The molecule has 8 heteroatoms. The van der Waals surface area contributed by atoms with Gasteiger partial charge in [0.2, 0.25) is 6.17 Å². The first-order chi connectivity index (χ1) is 8.56. The maximum Gasteiger partial charge on any atom is 0.408 e. The highest BCUT2D eigenvalue weighted by Gasteiger charge is 2.31. The fourth-order valence-corrected chi connectivity index (χ4v) is 1.11. The van der Waals surface area contributed by atoms with Crippen LogP contribution in [0.5, 0.6) is 0 Å². The number of amides is 1. The van der Waals surface area contributed by atoms with Crippen molar-refractivity contribution in [1.82, 2.24) is 5.32 Å². The molecule has 0 bridgehead atoms. The van der Waals surface area contributed by atoms with Crippen molar-refractivity contribution in [3.8, 4) is 0 Å². The van der Waals surface area contributed by atoms with E-state index in [-0.39, 0.29) is 6.29 Å². The molecule has 0 aromatic carbocycles. The lowest BCUT2D eigenvalue weighted by Crippen LogP contribution is -2.47. The lowest BCUT2D eigenvalue weighted by molar-refractivity contribution is -0.141. The summed E-state index contributed by atoms with van der Waals surface area (Å²) < 4.78 is 17.7. The van der Waals surface area contributed by atoms with Crippen LogP contribution in [0.3, 0.4) is 0 Å². The first kappa shape index (κ1) is 17.0. The molecule has 1 amide bonds. The van der Waals surface area contributed by atoms with Gasteiger partial charge in [-0.3, -0.25) is 14.4 Å². The zero-order chi connectivity index (χ0) is 15.2. The van der Waals surface area contributed by atoms with Crippen LogP contribution in [0.2, 0.25) is 0 Å². The smallest absolute Gasteiger partial charge is 0.408 e. The number of halogens is 1. The van der Waals surface area contributed by atoms with Crippen LogP contribution in [0.15, 0.2) is 0 Å². The van der Waals surface area contributed by atoms with Gasteiger partial charge >= 0.3 is 12.1 Å². The summed E-state index contributed by atoms with van der Waals surface area (Å²) in [5.41, 5.74) is -0.860. The van der Waals surface area contributed by atoms with Crippen molar-refractivity contribution >= 4 is 24.1 Å². The molecule has 0 aromatic heterocycles. The van der Waals surface area contributed by atoms with Crippen LogP contribution in [0.4, 0.5) is 9.18 Å². The summed E-state index contributed by atoms with van der Waals surface area (Å²) in [4.78, 5) is 43.4. The predicted molar refractivity (Wildman–Crippen MR) is 61.4 cm³/mol. The van der Waals surface area contributed by atoms with E-state index in [4.69, 9.17) is 9.84 Å². The number of carbonyl (C=O) groups excluding carboxylic acids is 3. The number of carbonyl (C=O) groups is 4. The van der Waals surface area contributed by atoms with Crippen molar-refractivity contribution in [3.63, 3.8) is 0 Å². The molecular weight excluding hydrogens is 261 g/mol. The highest BCUT2D eigenvalue weighted by molar-refractivity contribution is 6.02. The van der Waals surface area contributed by atoms with Gasteiger partial charge in [0.05, 0.1) is 6.42 Å². The first-order valence-corrected chi connectivity index (χ1v) is 5.41. The molecule has 0 saturated heterocycles. The van der Waals surface area contributed by atoms with Crippen molar-refractivity contribution in [2.75, 3.05) is 0 Å². The third kappa shape index (κ3) is 7.12. The van der Waals surface area contributed by atoms with Gasteiger partial charge in [0.15, 0.2) is 12.1 Å². The number of Topliss-reactive ketones (excluding diaryl/α,β-unsaturated/α-hetero) is 1. The van der Waals surface area contributed by atoms with Gasteiger partial charge in [-0.05, 0) is 20.8 Å². The number of hydrogen-bond acceptors (Lipinski definition) is 5. The molecule has 0 heterocycles. The number of aldehydes is 1. The van der Waals surface area contributed by atoms with E-state index < -0.39 is 42.1 Å². The summed E-state index contributed by atoms with van der Waals surface area (Å²) in [7, 11) is 0. The van der Waals surface area contributed by atoms with Crippen molar-refractivity contribution in [3.05, 3.63) is 0 Å². The average Bonchev–Trinajstić information content (AvgIpc) is 2.22.